The quantitative estimate of drug-likeness (QED) is 0.319. The van der Waals surface area contributed by atoms with Crippen LogP contribution in [0.3, 0.4) is 0 Å². The second-order valence-corrected chi connectivity index (χ2v) is 8.82. The Labute approximate surface area is 134 Å². The van der Waals surface area contributed by atoms with Crippen molar-refractivity contribution in [1.82, 2.24) is 5.32 Å². The van der Waals surface area contributed by atoms with Gasteiger partial charge in [0.1, 0.15) is 0 Å². The van der Waals surface area contributed by atoms with E-state index >= 15 is 0 Å². The Bertz CT molecular complexity index is 190. The van der Waals surface area contributed by atoms with Crippen molar-refractivity contribution in [3.05, 3.63) is 0 Å². The van der Waals surface area contributed by atoms with Crippen LogP contribution < -0.4 is 5.32 Å². The molecular formula is C18H37NSe. The Morgan fingerprint density at radius 2 is 1.35 bits per heavy atom. The van der Waals surface area contributed by atoms with Gasteiger partial charge >= 0.3 is 101 Å². The van der Waals surface area contributed by atoms with Crippen LogP contribution in [0.4, 0.5) is 0 Å². The van der Waals surface area contributed by atoms with Gasteiger partial charge in [-0.25, -0.2) is 0 Å². The SMILES string of the molecule is CCCCCCCCCCCCCCN[C@H]1CC[Se]C1. The van der Waals surface area contributed by atoms with E-state index in [0.717, 1.165) is 21.0 Å². The summed E-state index contributed by atoms with van der Waals surface area (Å²) >= 11 is 0.966. The van der Waals surface area contributed by atoms with Crippen molar-refractivity contribution in [3.8, 4) is 0 Å². The van der Waals surface area contributed by atoms with Crippen LogP contribution in [-0.4, -0.2) is 27.5 Å². The first-order valence-corrected chi connectivity index (χ1v) is 11.7. The third-order valence-electron chi connectivity index (χ3n) is 4.39. The van der Waals surface area contributed by atoms with Gasteiger partial charge in [0.05, 0.1) is 0 Å². The fourth-order valence-electron chi connectivity index (χ4n) is 2.97. The average molecular weight is 346 g/mol. The molecule has 0 saturated carbocycles. The van der Waals surface area contributed by atoms with E-state index in [4.69, 9.17) is 0 Å². The first-order chi connectivity index (χ1) is 9.93. The summed E-state index contributed by atoms with van der Waals surface area (Å²) in [7, 11) is 0. The van der Waals surface area contributed by atoms with Gasteiger partial charge < -0.3 is 0 Å². The van der Waals surface area contributed by atoms with Crippen LogP contribution >= 0.6 is 0 Å². The Kier molecular flexibility index (Phi) is 13.4. The van der Waals surface area contributed by atoms with E-state index in [0.29, 0.717) is 0 Å². The molecule has 1 aliphatic heterocycles. The van der Waals surface area contributed by atoms with Crippen LogP contribution in [0, 0.1) is 0 Å². The Balaban J connectivity index is 1.66. The molecule has 1 N–H and O–H groups in total. The van der Waals surface area contributed by atoms with Crippen LogP contribution in [0.25, 0.3) is 0 Å². The Morgan fingerprint density at radius 1 is 0.800 bits per heavy atom. The summed E-state index contributed by atoms with van der Waals surface area (Å²) in [5.41, 5.74) is 0. The molecule has 0 bridgehead atoms. The first kappa shape index (κ1) is 18.5. The molecule has 1 saturated heterocycles. The zero-order valence-electron chi connectivity index (χ0n) is 13.8. The van der Waals surface area contributed by atoms with Crippen LogP contribution in [0.2, 0.25) is 10.6 Å². The topological polar surface area (TPSA) is 12.0 Å². The monoisotopic (exact) mass is 347 g/mol. The van der Waals surface area contributed by atoms with Crippen LogP contribution in [0.15, 0.2) is 0 Å². The van der Waals surface area contributed by atoms with Crippen molar-refractivity contribution in [2.75, 3.05) is 6.54 Å². The van der Waals surface area contributed by atoms with Crippen molar-refractivity contribution >= 4 is 15.0 Å². The Hall–Kier alpha value is 0.479. The van der Waals surface area contributed by atoms with Gasteiger partial charge in [0.15, 0.2) is 0 Å². The molecule has 0 spiro atoms. The van der Waals surface area contributed by atoms with E-state index in [1.54, 1.807) is 0 Å². The van der Waals surface area contributed by atoms with Gasteiger partial charge in [0, 0.05) is 0 Å². The maximum atomic E-state index is 3.73. The third kappa shape index (κ3) is 11.2. The third-order valence-corrected chi connectivity index (χ3v) is 6.83. The number of hydrogen-bond donors (Lipinski definition) is 1. The molecule has 1 atom stereocenters. The molecule has 0 unspecified atom stereocenters. The Morgan fingerprint density at radius 3 is 1.85 bits per heavy atom. The van der Waals surface area contributed by atoms with Crippen molar-refractivity contribution in [1.29, 1.82) is 0 Å². The van der Waals surface area contributed by atoms with Gasteiger partial charge in [-0.3, -0.25) is 0 Å². The van der Waals surface area contributed by atoms with E-state index in [1.165, 1.54) is 101 Å². The van der Waals surface area contributed by atoms with Crippen LogP contribution in [-0.2, 0) is 0 Å². The fraction of sp³-hybridized carbons (Fsp3) is 1.00. The number of rotatable bonds is 14. The standard InChI is InChI=1S/C18H37NSe/c1-2-3-4-5-6-7-8-9-10-11-12-13-15-19-18-14-16-20-17-18/h18-19H,2-17H2,1H3/t18-/m0/s1. The summed E-state index contributed by atoms with van der Waals surface area (Å²) in [6.07, 6.45) is 18.9. The zero-order valence-corrected chi connectivity index (χ0v) is 15.5. The van der Waals surface area contributed by atoms with E-state index in [9.17, 15) is 0 Å². The molecule has 120 valence electrons. The molecule has 1 aliphatic rings. The molecule has 0 amide bonds. The van der Waals surface area contributed by atoms with Crippen LogP contribution in [0.5, 0.6) is 0 Å². The number of unbranched alkanes of at least 4 members (excludes halogenated alkanes) is 11. The van der Waals surface area contributed by atoms with Gasteiger partial charge in [-0.2, -0.15) is 0 Å². The summed E-state index contributed by atoms with van der Waals surface area (Å²) in [6.45, 7) is 3.57. The minimum atomic E-state index is 0.891. The summed E-state index contributed by atoms with van der Waals surface area (Å²) in [5, 5.41) is 6.74. The molecular weight excluding hydrogens is 309 g/mol. The average Bonchev–Trinajstić information content (AvgIpc) is 2.97. The summed E-state index contributed by atoms with van der Waals surface area (Å²) in [5.74, 6) is 0. The van der Waals surface area contributed by atoms with Crippen LogP contribution in [0.1, 0.15) is 90.4 Å². The van der Waals surface area contributed by atoms with Crippen molar-refractivity contribution < 1.29 is 0 Å². The molecule has 0 aromatic rings. The van der Waals surface area contributed by atoms with Gasteiger partial charge in [-0.1, -0.05) is 32.6 Å². The molecule has 1 heterocycles. The molecule has 0 aliphatic carbocycles. The van der Waals surface area contributed by atoms with E-state index in [2.05, 4.69) is 12.2 Å². The maximum absolute atomic E-state index is 3.73. The predicted octanol–water partition coefficient (Wildman–Crippen LogP) is 5.59. The summed E-state index contributed by atoms with van der Waals surface area (Å²) in [6, 6.07) is 0.891. The normalized spacial score (nSPS) is 18.8. The molecule has 0 radical (unpaired) electrons. The molecule has 2 heteroatoms. The van der Waals surface area contributed by atoms with E-state index in [-0.39, 0.29) is 0 Å². The number of hydrogen-bond acceptors (Lipinski definition) is 1. The number of nitrogens with one attached hydrogen (secondary N) is 1. The molecule has 20 heavy (non-hydrogen) atoms. The summed E-state index contributed by atoms with van der Waals surface area (Å²) in [4.78, 5) is 0. The summed E-state index contributed by atoms with van der Waals surface area (Å²) < 4.78 is 0. The molecule has 1 nitrogen and oxygen atoms in total. The van der Waals surface area contributed by atoms with Crippen molar-refractivity contribution in [3.63, 3.8) is 0 Å². The van der Waals surface area contributed by atoms with E-state index in [1.807, 2.05) is 0 Å². The predicted molar refractivity (Wildman–Crippen MR) is 92.9 cm³/mol. The van der Waals surface area contributed by atoms with Gasteiger partial charge in [0.25, 0.3) is 0 Å². The fourth-order valence-corrected chi connectivity index (χ4v) is 5.46. The van der Waals surface area contributed by atoms with Gasteiger partial charge in [0.2, 0.25) is 0 Å². The molecule has 0 aromatic heterocycles. The zero-order chi connectivity index (χ0) is 14.3. The van der Waals surface area contributed by atoms with Gasteiger partial charge in [-0.15, -0.1) is 0 Å². The van der Waals surface area contributed by atoms with Crippen molar-refractivity contribution in [2.45, 2.75) is 107 Å². The second kappa shape index (κ2) is 14.4. The minimum absolute atomic E-state index is 0.891. The van der Waals surface area contributed by atoms with E-state index < -0.39 is 0 Å². The second-order valence-electron chi connectivity index (χ2n) is 6.40. The van der Waals surface area contributed by atoms with Gasteiger partial charge in [-0.05, 0) is 0 Å². The molecule has 0 aromatic carbocycles. The molecule has 1 fully saturated rings. The molecule has 1 rings (SSSR count). The van der Waals surface area contributed by atoms with Crippen molar-refractivity contribution in [2.24, 2.45) is 0 Å². The first-order valence-electron chi connectivity index (χ1n) is 9.24.